The maximum Gasteiger partial charge on any atom is 0.343 e. The molecule has 0 aliphatic heterocycles. The van der Waals surface area contributed by atoms with Gasteiger partial charge in [-0.05, 0) is 58.2 Å². The summed E-state index contributed by atoms with van der Waals surface area (Å²) in [5, 5.41) is 5.61. The molecule has 4 aromatic carbocycles. The molecule has 9 nitrogen and oxygen atoms in total. The number of fused-ring (bicyclic) bond motifs is 1. The van der Waals surface area contributed by atoms with E-state index in [9.17, 15) is 9.59 Å². The van der Waals surface area contributed by atoms with Crippen LogP contribution in [0.15, 0.2) is 80.8 Å². The molecule has 1 amide bonds. The number of carbonyl (C=O) groups excluding carboxylic acids is 2. The van der Waals surface area contributed by atoms with Crippen molar-refractivity contribution >= 4 is 72.5 Å². The van der Waals surface area contributed by atoms with E-state index in [1.54, 1.807) is 18.2 Å². The van der Waals surface area contributed by atoms with Crippen LogP contribution in [-0.2, 0) is 6.42 Å². The molecule has 0 aliphatic carbocycles. The van der Waals surface area contributed by atoms with Gasteiger partial charge in [0.15, 0.2) is 17.2 Å². The van der Waals surface area contributed by atoms with Crippen LogP contribution in [0.1, 0.15) is 38.9 Å². The summed E-state index contributed by atoms with van der Waals surface area (Å²) in [4.78, 5) is 30.2. The lowest BCUT2D eigenvalue weighted by Crippen LogP contribution is -2.19. The highest BCUT2D eigenvalue weighted by Gasteiger charge is 2.23. The summed E-state index contributed by atoms with van der Waals surface area (Å²) in [7, 11) is 4.38. The van der Waals surface area contributed by atoms with E-state index in [4.69, 9.17) is 30.5 Å². The first-order valence-corrected chi connectivity index (χ1v) is 15.9. The second-order valence-corrected chi connectivity index (χ2v) is 12.0. The summed E-state index contributed by atoms with van der Waals surface area (Å²) >= 11 is 13.5. The summed E-state index contributed by atoms with van der Waals surface area (Å²) in [6.45, 7) is 2.05. The number of aromatic amines is 1. The van der Waals surface area contributed by atoms with Crippen molar-refractivity contribution in [2.75, 3.05) is 21.3 Å². The summed E-state index contributed by atoms with van der Waals surface area (Å²) in [6.07, 6.45) is 2.16. The predicted molar refractivity (Wildman–Crippen MR) is 186 cm³/mol. The van der Waals surface area contributed by atoms with Gasteiger partial charge in [0, 0.05) is 37.1 Å². The number of rotatable bonds is 10. The molecular formula is C34H28Br2ClN3O6. The van der Waals surface area contributed by atoms with Crippen LogP contribution in [0.5, 0.6) is 23.0 Å². The standard InChI is InChI=1S/C34H28Br2ClN3O6/c1-5-18-9-8-11-23-28(22-10-6-7-12-25(22)37)30(39-29(18)23)33(41)40-38-17-20-13-21(35)16-24(36)31(20)46-34(42)19-14-26(43-2)32(45-4)27(15-19)44-3/h6-17,39H,5H2,1-4H3,(H,40,41). The predicted octanol–water partition coefficient (Wildman–Crippen LogP) is 8.58. The van der Waals surface area contributed by atoms with Crippen LogP contribution in [0.3, 0.4) is 0 Å². The van der Waals surface area contributed by atoms with Gasteiger partial charge in [-0.25, -0.2) is 10.2 Å². The Balaban J connectivity index is 1.47. The van der Waals surface area contributed by atoms with Crippen LogP contribution in [0.25, 0.3) is 22.0 Å². The van der Waals surface area contributed by atoms with Crippen LogP contribution in [-0.4, -0.2) is 44.4 Å². The SMILES string of the molecule is CCc1cccc2c(-c3ccccc3Cl)c(C(=O)NN=Cc3cc(Br)cc(Br)c3OC(=O)c3cc(OC)c(OC)c(OC)c3)[nH]c12. The quantitative estimate of drug-likeness (QED) is 0.0638. The Kier molecular flexibility index (Phi) is 10.4. The fraction of sp³-hybridized carbons (Fsp3) is 0.147. The monoisotopic (exact) mass is 767 g/mol. The highest BCUT2D eigenvalue weighted by Crippen LogP contribution is 2.40. The van der Waals surface area contributed by atoms with Crippen molar-refractivity contribution in [1.82, 2.24) is 10.4 Å². The number of methoxy groups -OCH3 is 3. The number of hydrogen-bond acceptors (Lipinski definition) is 7. The van der Waals surface area contributed by atoms with E-state index in [-0.39, 0.29) is 11.3 Å². The smallest absolute Gasteiger partial charge is 0.343 e. The van der Waals surface area contributed by atoms with Crippen LogP contribution < -0.4 is 24.4 Å². The number of halogens is 3. The molecule has 1 heterocycles. The molecule has 0 fully saturated rings. The zero-order valence-electron chi connectivity index (χ0n) is 25.2. The molecular weight excluding hydrogens is 742 g/mol. The first-order valence-electron chi connectivity index (χ1n) is 13.9. The van der Waals surface area contributed by atoms with Gasteiger partial charge >= 0.3 is 5.97 Å². The average Bonchev–Trinajstić information content (AvgIpc) is 3.45. The number of ether oxygens (including phenoxy) is 4. The maximum atomic E-state index is 13.6. The van der Waals surface area contributed by atoms with Gasteiger partial charge in [-0.1, -0.05) is 70.9 Å². The number of esters is 1. The minimum Gasteiger partial charge on any atom is -0.493 e. The number of para-hydroxylation sites is 1. The van der Waals surface area contributed by atoms with E-state index in [1.807, 2.05) is 36.4 Å². The van der Waals surface area contributed by atoms with Crippen LogP contribution in [0.2, 0.25) is 5.02 Å². The number of amides is 1. The van der Waals surface area contributed by atoms with Crippen molar-refractivity contribution in [1.29, 1.82) is 0 Å². The van der Waals surface area contributed by atoms with Crippen molar-refractivity contribution in [2.45, 2.75) is 13.3 Å². The molecule has 0 atom stereocenters. The third-order valence-corrected chi connectivity index (χ3v) is 8.55. The number of nitrogens with zero attached hydrogens (tertiary/aromatic N) is 1. The molecule has 1 aromatic heterocycles. The molecule has 5 rings (SSSR count). The Hall–Kier alpha value is -4.32. The van der Waals surface area contributed by atoms with Crippen molar-refractivity contribution in [2.24, 2.45) is 5.10 Å². The van der Waals surface area contributed by atoms with E-state index in [1.165, 1.54) is 39.7 Å². The normalized spacial score (nSPS) is 11.1. The number of aryl methyl sites for hydroxylation is 1. The zero-order valence-corrected chi connectivity index (χ0v) is 29.1. The minimum absolute atomic E-state index is 0.165. The lowest BCUT2D eigenvalue weighted by atomic mass is 9.99. The van der Waals surface area contributed by atoms with Crippen molar-refractivity contribution in [3.63, 3.8) is 0 Å². The largest absolute Gasteiger partial charge is 0.493 e. The van der Waals surface area contributed by atoms with Gasteiger partial charge in [0.2, 0.25) is 5.75 Å². The second kappa shape index (κ2) is 14.4. The Morgan fingerprint density at radius 3 is 2.30 bits per heavy atom. The Bertz CT molecular complexity index is 1970. The second-order valence-electron chi connectivity index (χ2n) is 9.86. The third kappa shape index (κ3) is 6.62. The topological polar surface area (TPSA) is 111 Å². The molecule has 0 saturated heterocycles. The molecule has 0 unspecified atom stereocenters. The number of aromatic nitrogens is 1. The number of H-pyrrole nitrogens is 1. The lowest BCUT2D eigenvalue weighted by molar-refractivity contribution is 0.0732. The first kappa shape index (κ1) is 33.1. The third-order valence-electron chi connectivity index (χ3n) is 7.17. The molecule has 2 N–H and O–H groups in total. The van der Waals surface area contributed by atoms with Gasteiger partial charge < -0.3 is 23.9 Å². The van der Waals surface area contributed by atoms with Crippen molar-refractivity contribution < 1.29 is 28.5 Å². The van der Waals surface area contributed by atoms with Gasteiger partial charge in [0.05, 0.1) is 37.6 Å². The average molecular weight is 770 g/mol. The fourth-order valence-corrected chi connectivity index (χ4v) is 6.61. The van der Waals surface area contributed by atoms with Gasteiger partial charge in [0.1, 0.15) is 5.69 Å². The van der Waals surface area contributed by atoms with Crippen LogP contribution >= 0.6 is 43.5 Å². The number of benzene rings is 4. The molecule has 12 heteroatoms. The fourth-order valence-electron chi connectivity index (χ4n) is 5.04. The first-order chi connectivity index (χ1) is 22.2. The lowest BCUT2D eigenvalue weighted by Gasteiger charge is -2.15. The van der Waals surface area contributed by atoms with Crippen LogP contribution in [0.4, 0.5) is 0 Å². The molecule has 0 saturated carbocycles. The number of hydrazone groups is 1. The number of nitrogens with one attached hydrogen (secondary N) is 2. The minimum atomic E-state index is -0.685. The summed E-state index contributed by atoms with van der Waals surface area (Å²) in [6, 6.07) is 19.7. The summed E-state index contributed by atoms with van der Waals surface area (Å²) < 4.78 is 23.1. The van der Waals surface area contributed by atoms with Gasteiger partial charge in [-0.2, -0.15) is 5.10 Å². The Morgan fingerprint density at radius 2 is 1.65 bits per heavy atom. The van der Waals surface area contributed by atoms with E-state index < -0.39 is 11.9 Å². The molecule has 46 heavy (non-hydrogen) atoms. The molecule has 0 bridgehead atoms. The molecule has 236 valence electrons. The van der Waals surface area contributed by atoms with Gasteiger partial charge in [0.25, 0.3) is 5.91 Å². The van der Waals surface area contributed by atoms with Crippen molar-refractivity contribution in [3.05, 3.63) is 103 Å². The van der Waals surface area contributed by atoms with Crippen molar-refractivity contribution in [3.8, 4) is 34.1 Å². The zero-order chi connectivity index (χ0) is 33.0. The number of carbonyl (C=O) groups is 2. The highest BCUT2D eigenvalue weighted by molar-refractivity contribution is 9.11. The maximum absolute atomic E-state index is 13.6. The Labute approximate surface area is 287 Å². The van der Waals surface area contributed by atoms with Gasteiger partial charge in [-0.15, -0.1) is 0 Å². The van der Waals surface area contributed by atoms with E-state index >= 15 is 0 Å². The van der Waals surface area contributed by atoms with Crippen LogP contribution in [0, 0.1) is 0 Å². The summed E-state index contributed by atoms with van der Waals surface area (Å²) in [5.41, 5.74) is 6.79. The van der Waals surface area contributed by atoms with E-state index in [2.05, 4.69) is 54.3 Å². The molecule has 5 aromatic rings. The van der Waals surface area contributed by atoms with E-state index in [0.29, 0.717) is 48.0 Å². The molecule has 0 spiro atoms. The molecule has 0 aliphatic rings. The highest BCUT2D eigenvalue weighted by atomic mass is 79.9. The molecule has 0 radical (unpaired) electrons. The van der Waals surface area contributed by atoms with Gasteiger partial charge in [-0.3, -0.25) is 4.79 Å². The summed E-state index contributed by atoms with van der Waals surface area (Å²) in [5.74, 6) is -0.0484. The number of hydrogen-bond donors (Lipinski definition) is 2. The van der Waals surface area contributed by atoms with E-state index in [0.717, 1.165) is 28.5 Å². The Morgan fingerprint density at radius 1 is 0.935 bits per heavy atom.